The monoisotopic (exact) mass is 448 g/mol. The van der Waals surface area contributed by atoms with Gasteiger partial charge in [-0.15, -0.1) is 0 Å². The molecule has 1 N–H and O–H groups in total. The zero-order valence-electron chi connectivity index (χ0n) is 19.1. The lowest BCUT2D eigenvalue weighted by atomic mass is 9.89. The Hall–Kier alpha value is -2.96. The number of carbonyl (C=O) groups excluding carboxylic acids is 1. The molecule has 2 aromatic heterocycles. The van der Waals surface area contributed by atoms with Crippen molar-refractivity contribution in [1.29, 1.82) is 0 Å². The van der Waals surface area contributed by atoms with E-state index in [9.17, 15) is 14.4 Å². The third-order valence-electron chi connectivity index (χ3n) is 7.52. The van der Waals surface area contributed by atoms with E-state index in [2.05, 4.69) is 9.97 Å². The van der Waals surface area contributed by atoms with Crippen LogP contribution in [0.4, 0.5) is 0 Å². The maximum Gasteiger partial charge on any atom is 0.332 e. The number of carbonyl (C=O) groups is 1. The molecule has 3 aromatic rings. The molecule has 174 valence electrons. The van der Waals surface area contributed by atoms with Gasteiger partial charge in [-0.25, -0.2) is 9.78 Å². The summed E-state index contributed by atoms with van der Waals surface area (Å²) in [6, 6.07) is 7.08. The summed E-state index contributed by atoms with van der Waals surface area (Å²) < 4.78 is 3.22. The molecule has 7 heteroatoms. The van der Waals surface area contributed by atoms with Crippen LogP contribution in [0.2, 0.25) is 0 Å². The van der Waals surface area contributed by atoms with Crippen LogP contribution in [0.15, 0.2) is 33.9 Å². The van der Waals surface area contributed by atoms with Crippen LogP contribution >= 0.6 is 0 Å². The summed E-state index contributed by atoms with van der Waals surface area (Å²) >= 11 is 0. The molecule has 0 bridgehead atoms. The Balaban J connectivity index is 1.61. The van der Waals surface area contributed by atoms with Crippen molar-refractivity contribution in [2.75, 3.05) is 0 Å². The van der Waals surface area contributed by atoms with Gasteiger partial charge >= 0.3 is 5.69 Å². The largest absolute Gasteiger partial charge is 0.332 e. The number of hydrogen-bond donors (Lipinski definition) is 1. The van der Waals surface area contributed by atoms with Gasteiger partial charge in [0.25, 0.3) is 5.56 Å². The first-order chi connectivity index (χ1) is 16.1. The van der Waals surface area contributed by atoms with E-state index in [1.54, 1.807) is 16.7 Å². The molecule has 7 nitrogen and oxygen atoms in total. The molecular weight excluding hydrogens is 416 g/mol. The number of benzene rings is 1. The highest BCUT2D eigenvalue weighted by atomic mass is 16.2. The van der Waals surface area contributed by atoms with Crippen LogP contribution in [-0.2, 0) is 13.1 Å². The lowest BCUT2D eigenvalue weighted by molar-refractivity contribution is 0.112. The Labute approximate surface area is 192 Å². The van der Waals surface area contributed by atoms with Crippen molar-refractivity contribution in [3.63, 3.8) is 0 Å². The van der Waals surface area contributed by atoms with E-state index in [1.165, 1.54) is 43.1 Å². The van der Waals surface area contributed by atoms with Crippen LogP contribution in [0.3, 0.4) is 0 Å². The molecule has 33 heavy (non-hydrogen) atoms. The normalized spacial score (nSPS) is 18.1. The van der Waals surface area contributed by atoms with Crippen molar-refractivity contribution in [3.05, 3.63) is 50.7 Å². The summed E-state index contributed by atoms with van der Waals surface area (Å²) in [6.07, 6.45) is 12.4. The number of aromatic nitrogens is 4. The number of aromatic amines is 1. The van der Waals surface area contributed by atoms with Gasteiger partial charge < -0.3 is 4.98 Å². The average Bonchev–Trinajstić information content (AvgIpc) is 3.31. The second-order valence-corrected chi connectivity index (χ2v) is 9.84. The topological polar surface area (TPSA) is 89.8 Å². The van der Waals surface area contributed by atoms with E-state index < -0.39 is 0 Å². The van der Waals surface area contributed by atoms with Gasteiger partial charge in [-0.05, 0) is 37.5 Å². The molecule has 0 aliphatic heterocycles. The average molecular weight is 449 g/mol. The van der Waals surface area contributed by atoms with Gasteiger partial charge in [0, 0.05) is 24.2 Å². The molecule has 2 heterocycles. The van der Waals surface area contributed by atoms with E-state index in [-0.39, 0.29) is 11.2 Å². The smallest absolute Gasteiger partial charge is 0.324 e. The minimum atomic E-state index is -0.299. The number of imidazole rings is 1. The predicted octanol–water partition coefficient (Wildman–Crippen LogP) is 4.53. The predicted molar refractivity (Wildman–Crippen MR) is 129 cm³/mol. The van der Waals surface area contributed by atoms with E-state index in [1.807, 2.05) is 12.1 Å². The highest BCUT2D eigenvalue weighted by Crippen LogP contribution is 2.27. The molecule has 2 aliphatic carbocycles. The third-order valence-corrected chi connectivity index (χ3v) is 7.52. The van der Waals surface area contributed by atoms with E-state index in [0.29, 0.717) is 47.5 Å². The maximum atomic E-state index is 13.6. The van der Waals surface area contributed by atoms with Crippen LogP contribution in [0, 0.1) is 11.8 Å². The minimum absolute atomic E-state index is 0.213. The first-order valence-electron chi connectivity index (χ1n) is 12.4. The first kappa shape index (κ1) is 21.9. The number of nitrogens with zero attached hydrogens (tertiary/aromatic N) is 3. The molecule has 1 aromatic carbocycles. The van der Waals surface area contributed by atoms with E-state index in [4.69, 9.17) is 0 Å². The van der Waals surface area contributed by atoms with Crippen LogP contribution in [0.1, 0.15) is 74.6 Å². The van der Waals surface area contributed by atoms with E-state index in [0.717, 1.165) is 37.5 Å². The quantitative estimate of drug-likeness (QED) is 0.561. The summed E-state index contributed by atoms with van der Waals surface area (Å²) in [7, 11) is 0. The summed E-state index contributed by atoms with van der Waals surface area (Å²) in [6.45, 7) is 1.10. The van der Waals surface area contributed by atoms with Gasteiger partial charge in [0.15, 0.2) is 5.52 Å². The molecule has 0 saturated heterocycles. The molecule has 5 rings (SSSR count). The lowest BCUT2D eigenvalue weighted by Crippen LogP contribution is -2.42. The van der Waals surface area contributed by atoms with Crippen LogP contribution in [0.25, 0.3) is 22.6 Å². The highest BCUT2D eigenvalue weighted by Gasteiger charge is 2.24. The Morgan fingerprint density at radius 2 is 1.42 bits per heavy atom. The standard InChI is InChI=1S/C26H32N4O3/c31-17-20-11-13-21(14-12-20)23-27-22-24(28-23)29(15-18-7-3-1-4-8-18)26(33)30(25(22)32)16-19-9-5-2-6-10-19/h11-14,17-19H,1-10,15-16H2,(H,27,28). The maximum absolute atomic E-state index is 13.6. The number of hydrogen-bond acceptors (Lipinski definition) is 4. The van der Waals surface area contributed by atoms with Crippen molar-refractivity contribution in [2.45, 2.75) is 77.3 Å². The number of nitrogens with one attached hydrogen (secondary N) is 1. The highest BCUT2D eigenvalue weighted by molar-refractivity contribution is 5.78. The lowest BCUT2D eigenvalue weighted by Gasteiger charge is -2.24. The van der Waals surface area contributed by atoms with Crippen molar-refractivity contribution in [1.82, 2.24) is 19.1 Å². The Morgan fingerprint density at radius 3 is 2.00 bits per heavy atom. The number of aldehydes is 1. The SMILES string of the molecule is O=Cc1ccc(-c2nc3c(=O)n(CC4CCCCC4)c(=O)n(CC4CCCCC4)c3[nH]2)cc1. The van der Waals surface area contributed by atoms with Gasteiger partial charge in [-0.2, -0.15) is 0 Å². The molecule has 2 fully saturated rings. The second-order valence-electron chi connectivity index (χ2n) is 9.84. The van der Waals surface area contributed by atoms with Gasteiger partial charge in [0.05, 0.1) is 0 Å². The molecule has 0 spiro atoms. The zero-order chi connectivity index (χ0) is 22.8. The van der Waals surface area contributed by atoms with Crippen molar-refractivity contribution < 1.29 is 4.79 Å². The number of H-pyrrole nitrogens is 1. The van der Waals surface area contributed by atoms with Crippen LogP contribution in [-0.4, -0.2) is 25.4 Å². The van der Waals surface area contributed by atoms with E-state index >= 15 is 0 Å². The van der Waals surface area contributed by atoms with Crippen molar-refractivity contribution >= 4 is 17.5 Å². The molecule has 0 atom stereocenters. The summed E-state index contributed by atoms with van der Waals surface area (Å²) in [5, 5.41) is 0. The Kier molecular flexibility index (Phi) is 6.29. The van der Waals surface area contributed by atoms with Crippen LogP contribution < -0.4 is 11.2 Å². The number of fused-ring (bicyclic) bond motifs is 1. The van der Waals surface area contributed by atoms with Gasteiger partial charge in [-0.3, -0.25) is 18.7 Å². The molecule has 0 unspecified atom stereocenters. The summed E-state index contributed by atoms with van der Waals surface area (Å²) in [5.41, 5.74) is 1.70. The minimum Gasteiger partial charge on any atom is -0.324 e. The third kappa shape index (κ3) is 4.45. The molecule has 0 amide bonds. The number of rotatable bonds is 6. The van der Waals surface area contributed by atoms with Gasteiger partial charge in [0.1, 0.15) is 17.8 Å². The van der Waals surface area contributed by atoms with Gasteiger partial charge in [0.2, 0.25) is 0 Å². The van der Waals surface area contributed by atoms with Crippen LogP contribution in [0.5, 0.6) is 0 Å². The zero-order valence-corrected chi connectivity index (χ0v) is 19.1. The molecule has 0 radical (unpaired) electrons. The Morgan fingerprint density at radius 1 is 0.848 bits per heavy atom. The first-order valence-corrected chi connectivity index (χ1v) is 12.4. The molecular formula is C26H32N4O3. The molecule has 2 aliphatic rings. The summed E-state index contributed by atoms with van der Waals surface area (Å²) in [5.74, 6) is 1.37. The fraction of sp³-hybridized carbons (Fsp3) is 0.538. The van der Waals surface area contributed by atoms with Gasteiger partial charge in [-0.1, -0.05) is 62.8 Å². The van der Waals surface area contributed by atoms with Crippen molar-refractivity contribution in [3.8, 4) is 11.4 Å². The fourth-order valence-corrected chi connectivity index (χ4v) is 5.61. The second kappa shape index (κ2) is 9.49. The fourth-order valence-electron chi connectivity index (χ4n) is 5.61. The molecule has 2 saturated carbocycles. The summed E-state index contributed by atoms with van der Waals surface area (Å²) in [4.78, 5) is 46.0. The van der Waals surface area contributed by atoms with Crippen molar-refractivity contribution in [2.24, 2.45) is 11.8 Å². The Bertz CT molecular complexity index is 1240.